The molecule has 0 radical (unpaired) electrons. The van der Waals surface area contributed by atoms with Crippen molar-refractivity contribution in [2.45, 2.75) is 283 Å². The van der Waals surface area contributed by atoms with Gasteiger partial charge in [-0.05, 0) is 77.0 Å². The molecule has 3 atom stereocenters. The second-order valence-electron chi connectivity index (χ2n) is 17.6. The highest BCUT2D eigenvalue weighted by Crippen LogP contribution is 2.17. The van der Waals surface area contributed by atoms with Crippen molar-refractivity contribution in [1.82, 2.24) is 5.32 Å². The largest absolute Gasteiger partial charge is 0.462 e. The molecule has 0 aromatic heterocycles. The molecule has 0 bridgehead atoms. The van der Waals surface area contributed by atoms with E-state index in [0.29, 0.717) is 19.3 Å². The molecule has 0 saturated carbocycles. The molecule has 0 aromatic carbocycles. The molecule has 3 unspecified atom stereocenters. The predicted octanol–water partition coefficient (Wildman–Crippen LogP) is 15.3. The number of nitrogens with one attached hydrogen (secondary N) is 1. The van der Waals surface area contributed by atoms with Gasteiger partial charge < -0.3 is 20.3 Å². The molecule has 0 fully saturated rings. The van der Waals surface area contributed by atoms with E-state index >= 15 is 0 Å². The lowest BCUT2D eigenvalue weighted by Gasteiger charge is -2.24. The molecule has 0 aliphatic heterocycles. The van der Waals surface area contributed by atoms with Gasteiger partial charge in [0.2, 0.25) is 5.91 Å². The zero-order valence-electron chi connectivity index (χ0n) is 39.4. The van der Waals surface area contributed by atoms with Crippen molar-refractivity contribution >= 4 is 11.9 Å². The molecule has 346 valence electrons. The van der Waals surface area contributed by atoms with Crippen LogP contribution in [0.3, 0.4) is 0 Å². The highest BCUT2D eigenvalue weighted by molar-refractivity contribution is 5.77. The van der Waals surface area contributed by atoms with Crippen molar-refractivity contribution in [3.8, 4) is 0 Å². The van der Waals surface area contributed by atoms with Gasteiger partial charge in [0.15, 0.2) is 0 Å². The monoisotopic (exact) mass is 830 g/mol. The molecule has 59 heavy (non-hydrogen) atoms. The maximum absolute atomic E-state index is 13.2. The van der Waals surface area contributed by atoms with E-state index in [1.165, 1.54) is 135 Å². The molecule has 3 N–H and O–H groups in total. The first-order chi connectivity index (χ1) is 29.0. The molecule has 0 aromatic rings. The van der Waals surface area contributed by atoms with E-state index in [1.807, 2.05) is 0 Å². The molecular weight excluding hydrogens is 731 g/mol. The zero-order valence-corrected chi connectivity index (χ0v) is 39.4. The van der Waals surface area contributed by atoms with Gasteiger partial charge in [-0.3, -0.25) is 9.59 Å². The maximum Gasteiger partial charge on any atom is 0.306 e. The van der Waals surface area contributed by atoms with Crippen molar-refractivity contribution in [2.24, 2.45) is 0 Å². The number of hydrogen-bond acceptors (Lipinski definition) is 5. The fourth-order valence-electron chi connectivity index (χ4n) is 7.77. The van der Waals surface area contributed by atoms with Gasteiger partial charge in [-0.2, -0.15) is 0 Å². The number of amides is 1. The summed E-state index contributed by atoms with van der Waals surface area (Å²) in [5, 5.41) is 23.7. The summed E-state index contributed by atoms with van der Waals surface area (Å²) in [6.45, 7) is 6.44. The quantitative estimate of drug-likeness (QED) is 0.0246. The molecule has 0 saturated heterocycles. The average Bonchev–Trinajstić information content (AvgIpc) is 3.23. The van der Waals surface area contributed by atoms with Gasteiger partial charge in [0.25, 0.3) is 0 Å². The summed E-state index contributed by atoms with van der Waals surface area (Å²) in [7, 11) is 0. The number of rotatable bonds is 46. The Hall–Kier alpha value is -1.92. The number of ether oxygens (including phenoxy) is 1. The third kappa shape index (κ3) is 42.6. The highest BCUT2D eigenvalue weighted by Gasteiger charge is 2.24. The van der Waals surface area contributed by atoms with Crippen LogP contribution >= 0.6 is 0 Å². The van der Waals surface area contributed by atoms with Gasteiger partial charge in [0.1, 0.15) is 6.10 Å². The normalized spacial score (nSPS) is 13.5. The van der Waals surface area contributed by atoms with Crippen molar-refractivity contribution in [1.29, 1.82) is 0 Å². The summed E-state index contributed by atoms with van der Waals surface area (Å²) >= 11 is 0. The number of aliphatic hydroxyl groups is 2. The number of esters is 1. The third-order valence-corrected chi connectivity index (χ3v) is 11.7. The zero-order chi connectivity index (χ0) is 43.1. The van der Waals surface area contributed by atoms with Gasteiger partial charge in [-0.1, -0.05) is 211 Å². The van der Waals surface area contributed by atoms with Gasteiger partial charge in [0, 0.05) is 6.42 Å². The SMILES string of the molecule is CCCCC/C=C/C=C/CCCCCCC(CC(=O)NC(CO)C(O)CCCCCCCCCCCCC)OC(=O)CCCCCCC/C=C/CCCCCCCCC. The van der Waals surface area contributed by atoms with Crippen LogP contribution in [-0.4, -0.2) is 46.9 Å². The third-order valence-electron chi connectivity index (χ3n) is 11.7. The fourth-order valence-corrected chi connectivity index (χ4v) is 7.77. The number of carbonyl (C=O) groups excluding carboxylic acids is 2. The molecule has 1 amide bonds. The second-order valence-corrected chi connectivity index (χ2v) is 17.6. The summed E-state index contributed by atoms with van der Waals surface area (Å²) in [4.78, 5) is 26.1. The van der Waals surface area contributed by atoms with Gasteiger partial charge >= 0.3 is 5.97 Å². The van der Waals surface area contributed by atoms with Crippen LogP contribution in [0, 0.1) is 0 Å². The highest BCUT2D eigenvalue weighted by atomic mass is 16.5. The van der Waals surface area contributed by atoms with Crippen LogP contribution in [0.5, 0.6) is 0 Å². The van der Waals surface area contributed by atoms with Gasteiger partial charge in [-0.15, -0.1) is 0 Å². The van der Waals surface area contributed by atoms with E-state index in [9.17, 15) is 19.8 Å². The molecule has 0 heterocycles. The molecule has 0 rings (SSSR count). The van der Waals surface area contributed by atoms with Crippen molar-refractivity contribution < 1.29 is 24.5 Å². The molecule has 6 heteroatoms. The lowest BCUT2D eigenvalue weighted by atomic mass is 10.0. The Kier molecular flexibility index (Phi) is 45.6. The first-order valence-electron chi connectivity index (χ1n) is 25.7. The van der Waals surface area contributed by atoms with Crippen LogP contribution in [0.15, 0.2) is 36.5 Å². The van der Waals surface area contributed by atoms with Crippen molar-refractivity contribution in [2.75, 3.05) is 6.61 Å². The van der Waals surface area contributed by atoms with Gasteiger partial charge in [0.05, 0.1) is 25.2 Å². The molecule has 0 aliphatic carbocycles. The second kappa shape index (κ2) is 47.1. The predicted molar refractivity (Wildman–Crippen MR) is 255 cm³/mol. The summed E-state index contributed by atoms with van der Waals surface area (Å²) in [5.74, 6) is -0.497. The first kappa shape index (κ1) is 57.1. The van der Waals surface area contributed by atoms with Crippen LogP contribution in [0.2, 0.25) is 0 Å². The van der Waals surface area contributed by atoms with E-state index in [1.54, 1.807) is 0 Å². The molecule has 0 aliphatic rings. The van der Waals surface area contributed by atoms with Gasteiger partial charge in [-0.25, -0.2) is 0 Å². The van der Waals surface area contributed by atoms with Crippen molar-refractivity contribution in [3.63, 3.8) is 0 Å². The number of allylic oxidation sites excluding steroid dienone is 6. The lowest BCUT2D eigenvalue weighted by molar-refractivity contribution is -0.151. The van der Waals surface area contributed by atoms with Crippen molar-refractivity contribution in [3.05, 3.63) is 36.5 Å². The number of unbranched alkanes of at least 4 members (excludes halogenated alkanes) is 29. The Labute approximate surface area is 366 Å². The Bertz CT molecular complexity index is 977. The summed E-state index contributed by atoms with van der Waals surface area (Å²) in [6, 6.07) is -0.707. The average molecular weight is 830 g/mol. The summed E-state index contributed by atoms with van der Waals surface area (Å²) in [6.07, 6.45) is 54.9. The van der Waals surface area contributed by atoms with E-state index in [2.05, 4.69) is 62.5 Å². The topological polar surface area (TPSA) is 95.9 Å². The molecule has 6 nitrogen and oxygen atoms in total. The first-order valence-corrected chi connectivity index (χ1v) is 25.7. The van der Waals surface area contributed by atoms with Crippen LogP contribution in [-0.2, 0) is 14.3 Å². The van der Waals surface area contributed by atoms with Crippen LogP contribution in [0.4, 0.5) is 0 Å². The van der Waals surface area contributed by atoms with E-state index < -0.39 is 18.2 Å². The molecular formula is C53H99NO5. The number of hydrogen-bond donors (Lipinski definition) is 3. The Morgan fingerprint density at radius 3 is 1.34 bits per heavy atom. The van der Waals surface area contributed by atoms with Crippen LogP contribution in [0.25, 0.3) is 0 Å². The minimum atomic E-state index is -0.792. The lowest BCUT2D eigenvalue weighted by Crippen LogP contribution is -2.46. The van der Waals surface area contributed by atoms with E-state index in [4.69, 9.17) is 4.74 Å². The number of aliphatic hydroxyl groups excluding tert-OH is 2. The molecule has 0 spiro atoms. The van der Waals surface area contributed by atoms with Crippen LogP contribution in [0.1, 0.15) is 265 Å². The Balaban J connectivity index is 4.60. The minimum absolute atomic E-state index is 0.0627. The Morgan fingerprint density at radius 2 is 0.864 bits per heavy atom. The van der Waals surface area contributed by atoms with Crippen LogP contribution < -0.4 is 5.32 Å². The fraction of sp³-hybridized carbons (Fsp3) is 0.849. The standard InChI is InChI=1S/C53H99NO5/c1-4-7-10-13-16-19-22-24-25-26-28-31-34-37-40-43-46-53(58)59-49(44-41-38-35-32-30-27-23-20-17-14-11-8-5-2)47-52(57)54-50(48-55)51(56)45-42-39-36-33-29-21-18-15-12-9-6-3/h17,20,23,25-27,49-51,55-56H,4-16,18-19,21-22,24,28-48H2,1-3H3,(H,54,57)/b20-17+,26-25+,27-23+. The minimum Gasteiger partial charge on any atom is -0.462 e. The van der Waals surface area contributed by atoms with E-state index in [-0.39, 0.29) is 24.9 Å². The summed E-state index contributed by atoms with van der Waals surface area (Å²) in [5.41, 5.74) is 0. The van der Waals surface area contributed by atoms with E-state index in [0.717, 1.165) is 83.5 Å². The maximum atomic E-state index is 13.2. The smallest absolute Gasteiger partial charge is 0.306 e. The number of carbonyl (C=O) groups is 2. The summed E-state index contributed by atoms with van der Waals surface area (Å²) < 4.78 is 5.92. The Morgan fingerprint density at radius 1 is 0.492 bits per heavy atom.